The minimum absolute atomic E-state index is 0.0641. The Morgan fingerprint density at radius 3 is 2.83 bits per heavy atom. The summed E-state index contributed by atoms with van der Waals surface area (Å²) >= 11 is 0. The van der Waals surface area contributed by atoms with E-state index in [2.05, 4.69) is 27.5 Å². The molecule has 1 atom stereocenters. The number of guanidine groups is 1. The van der Waals surface area contributed by atoms with Gasteiger partial charge in [0.2, 0.25) is 0 Å². The average Bonchev–Trinajstić information content (AvgIpc) is 2.71. The molecule has 1 aliphatic rings. The van der Waals surface area contributed by atoms with Crippen molar-refractivity contribution in [3.8, 4) is 17.6 Å². The van der Waals surface area contributed by atoms with Crippen molar-refractivity contribution in [3.63, 3.8) is 0 Å². The van der Waals surface area contributed by atoms with E-state index < -0.39 is 11.7 Å². The van der Waals surface area contributed by atoms with Crippen LogP contribution in [0.5, 0.6) is 5.75 Å². The second-order valence-corrected chi connectivity index (χ2v) is 6.45. The Labute approximate surface area is 168 Å². The predicted octanol–water partition coefficient (Wildman–Crippen LogP) is 4.14. The molecule has 2 aromatic carbocycles. The van der Waals surface area contributed by atoms with Crippen LogP contribution in [0.15, 0.2) is 53.5 Å². The Balaban J connectivity index is 1.68. The first-order valence-electron chi connectivity index (χ1n) is 9.40. The highest BCUT2D eigenvalue weighted by atomic mass is 19.4. The van der Waals surface area contributed by atoms with Crippen LogP contribution in [-0.2, 0) is 6.18 Å². The lowest BCUT2D eigenvalue weighted by Gasteiger charge is -2.28. The van der Waals surface area contributed by atoms with E-state index in [0.29, 0.717) is 24.7 Å². The van der Waals surface area contributed by atoms with Gasteiger partial charge in [0, 0.05) is 24.1 Å². The summed E-state index contributed by atoms with van der Waals surface area (Å²) in [5.41, 5.74) is 0.673. The van der Waals surface area contributed by atoms with Crippen LogP contribution in [0.4, 0.5) is 13.2 Å². The number of nitrogens with zero attached hydrogens (tertiary/aromatic N) is 1. The fourth-order valence-corrected chi connectivity index (χ4v) is 3.01. The van der Waals surface area contributed by atoms with E-state index >= 15 is 0 Å². The molecular weight excluding hydrogens is 379 g/mol. The molecule has 1 heterocycles. The first-order valence-corrected chi connectivity index (χ1v) is 9.40. The minimum atomic E-state index is -4.38. The Hall–Kier alpha value is -3.14. The van der Waals surface area contributed by atoms with Gasteiger partial charge in [0.05, 0.1) is 18.2 Å². The SMILES string of the molecule is CCNC(=NCC#Cc1cccc(C(F)(F)F)c1)NC1CCOc2ccccc21. The molecule has 2 aromatic rings. The van der Waals surface area contributed by atoms with Crippen molar-refractivity contribution < 1.29 is 17.9 Å². The highest BCUT2D eigenvalue weighted by molar-refractivity contribution is 5.80. The van der Waals surface area contributed by atoms with Crippen molar-refractivity contribution in [2.45, 2.75) is 25.6 Å². The van der Waals surface area contributed by atoms with Crippen LogP contribution in [0.2, 0.25) is 0 Å². The van der Waals surface area contributed by atoms with Crippen LogP contribution >= 0.6 is 0 Å². The maximum absolute atomic E-state index is 12.8. The minimum Gasteiger partial charge on any atom is -0.493 e. The summed E-state index contributed by atoms with van der Waals surface area (Å²) in [6, 6.07) is 12.9. The van der Waals surface area contributed by atoms with E-state index in [1.807, 2.05) is 31.2 Å². The van der Waals surface area contributed by atoms with Gasteiger partial charge in [-0.05, 0) is 31.2 Å². The van der Waals surface area contributed by atoms with Crippen molar-refractivity contribution in [1.82, 2.24) is 10.6 Å². The van der Waals surface area contributed by atoms with Gasteiger partial charge in [0.1, 0.15) is 12.3 Å². The molecular formula is C22H22F3N3O. The summed E-state index contributed by atoms with van der Waals surface area (Å²) < 4.78 is 44.0. The topological polar surface area (TPSA) is 45.7 Å². The van der Waals surface area contributed by atoms with Crippen molar-refractivity contribution in [2.24, 2.45) is 4.99 Å². The molecule has 0 bridgehead atoms. The molecule has 1 unspecified atom stereocenters. The summed E-state index contributed by atoms with van der Waals surface area (Å²) in [5.74, 6) is 7.02. The van der Waals surface area contributed by atoms with E-state index in [-0.39, 0.29) is 12.6 Å². The highest BCUT2D eigenvalue weighted by Crippen LogP contribution is 2.31. The fourth-order valence-electron chi connectivity index (χ4n) is 3.01. The summed E-state index contributed by atoms with van der Waals surface area (Å²) in [4.78, 5) is 4.42. The Morgan fingerprint density at radius 1 is 1.21 bits per heavy atom. The lowest BCUT2D eigenvalue weighted by molar-refractivity contribution is -0.137. The molecule has 4 nitrogen and oxygen atoms in total. The number of fused-ring (bicyclic) bond motifs is 1. The van der Waals surface area contributed by atoms with Crippen molar-refractivity contribution >= 4 is 5.96 Å². The predicted molar refractivity (Wildman–Crippen MR) is 107 cm³/mol. The number of nitrogens with one attached hydrogen (secondary N) is 2. The van der Waals surface area contributed by atoms with Crippen LogP contribution in [0, 0.1) is 11.8 Å². The zero-order valence-corrected chi connectivity index (χ0v) is 16.0. The number of hydrogen-bond acceptors (Lipinski definition) is 2. The largest absolute Gasteiger partial charge is 0.493 e. The number of halogens is 3. The number of benzene rings is 2. The highest BCUT2D eigenvalue weighted by Gasteiger charge is 2.30. The van der Waals surface area contributed by atoms with Crippen LogP contribution < -0.4 is 15.4 Å². The molecule has 3 rings (SSSR count). The van der Waals surface area contributed by atoms with Gasteiger partial charge in [-0.2, -0.15) is 13.2 Å². The van der Waals surface area contributed by atoms with E-state index in [4.69, 9.17) is 4.74 Å². The second kappa shape index (κ2) is 9.37. The molecule has 152 valence electrons. The van der Waals surface area contributed by atoms with Gasteiger partial charge in [-0.3, -0.25) is 0 Å². The van der Waals surface area contributed by atoms with Gasteiger partial charge >= 0.3 is 6.18 Å². The molecule has 0 radical (unpaired) electrons. The van der Waals surface area contributed by atoms with Gasteiger partial charge in [0.15, 0.2) is 5.96 Å². The Kier molecular flexibility index (Phi) is 6.65. The van der Waals surface area contributed by atoms with Crippen molar-refractivity contribution in [2.75, 3.05) is 19.7 Å². The molecule has 2 N–H and O–H groups in total. The van der Waals surface area contributed by atoms with Crippen LogP contribution in [-0.4, -0.2) is 25.7 Å². The third-order valence-electron chi connectivity index (χ3n) is 4.35. The van der Waals surface area contributed by atoms with Gasteiger partial charge in [-0.25, -0.2) is 4.99 Å². The Morgan fingerprint density at radius 2 is 2.03 bits per heavy atom. The molecule has 7 heteroatoms. The first-order chi connectivity index (χ1) is 14.0. The van der Waals surface area contributed by atoms with Gasteiger partial charge in [-0.15, -0.1) is 0 Å². The standard InChI is InChI=1S/C22H22F3N3O/c1-2-26-21(28-19-12-14-29-20-11-4-3-10-18(19)20)27-13-6-8-16-7-5-9-17(15-16)22(23,24)25/h3-5,7,9-11,15,19H,2,12-14H2,1H3,(H2,26,27,28). The lowest BCUT2D eigenvalue weighted by Crippen LogP contribution is -2.41. The Bertz CT molecular complexity index is 929. The molecule has 0 fully saturated rings. The number of rotatable bonds is 3. The van der Waals surface area contributed by atoms with Crippen LogP contribution in [0.3, 0.4) is 0 Å². The molecule has 0 aliphatic carbocycles. The second-order valence-electron chi connectivity index (χ2n) is 6.45. The van der Waals surface area contributed by atoms with Gasteiger partial charge in [0.25, 0.3) is 0 Å². The molecule has 0 saturated heterocycles. The first kappa shape index (κ1) is 20.6. The quantitative estimate of drug-likeness (QED) is 0.462. The normalized spacial score (nSPS) is 16.1. The maximum atomic E-state index is 12.8. The van der Waals surface area contributed by atoms with E-state index in [1.54, 1.807) is 6.07 Å². The van der Waals surface area contributed by atoms with Gasteiger partial charge in [-0.1, -0.05) is 36.1 Å². The fraction of sp³-hybridized carbons (Fsp3) is 0.318. The average molecular weight is 401 g/mol. The molecule has 0 spiro atoms. The third kappa shape index (κ3) is 5.67. The molecule has 0 saturated carbocycles. The number of ether oxygens (including phenoxy) is 1. The van der Waals surface area contributed by atoms with Crippen molar-refractivity contribution in [3.05, 3.63) is 65.2 Å². The molecule has 29 heavy (non-hydrogen) atoms. The van der Waals surface area contributed by atoms with Crippen molar-refractivity contribution in [1.29, 1.82) is 0 Å². The number of para-hydroxylation sites is 1. The third-order valence-corrected chi connectivity index (χ3v) is 4.35. The molecule has 0 aromatic heterocycles. The number of aliphatic imine (C=N–C) groups is 1. The number of hydrogen-bond donors (Lipinski definition) is 2. The van der Waals surface area contributed by atoms with E-state index in [9.17, 15) is 13.2 Å². The van der Waals surface area contributed by atoms with Gasteiger partial charge < -0.3 is 15.4 Å². The lowest BCUT2D eigenvalue weighted by atomic mass is 10.0. The van der Waals surface area contributed by atoms with Crippen LogP contribution in [0.1, 0.15) is 36.1 Å². The molecule has 0 amide bonds. The van der Waals surface area contributed by atoms with Crippen LogP contribution in [0.25, 0.3) is 0 Å². The van der Waals surface area contributed by atoms with E-state index in [0.717, 1.165) is 29.9 Å². The summed E-state index contributed by atoms with van der Waals surface area (Å²) in [5, 5.41) is 6.55. The van der Waals surface area contributed by atoms with E-state index in [1.165, 1.54) is 6.07 Å². The monoisotopic (exact) mass is 401 g/mol. The number of alkyl halides is 3. The summed E-state index contributed by atoms with van der Waals surface area (Å²) in [6.45, 7) is 3.42. The zero-order valence-electron chi connectivity index (χ0n) is 16.0. The zero-order chi connectivity index (χ0) is 20.7. The maximum Gasteiger partial charge on any atom is 0.416 e. The smallest absolute Gasteiger partial charge is 0.416 e. The molecule has 1 aliphatic heterocycles. The summed E-state index contributed by atoms with van der Waals surface area (Å²) in [7, 11) is 0. The summed E-state index contributed by atoms with van der Waals surface area (Å²) in [6.07, 6.45) is -3.57.